The Balaban J connectivity index is 1.43. The molecule has 0 bridgehead atoms. The lowest BCUT2D eigenvalue weighted by Gasteiger charge is -2.36. The van der Waals surface area contributed by atoms with E-state index in [1.807, 2.05) is 12.1 Å². The highest BCUT2D eigenvalue weighted by atomic mass is 19.1. The standard InChI is InChI=1S/C24H25FN2/c1-15-12-17(13-20-19-7-3-5-9-22(19)27-24(15)20)23-14-16(10-11-26-23)18-6-2-4-8-21(18)25/h2-10,15,17,23,26-27H,11-14H2,1H3. The predicted octanol–water partition coefficient (Wildman–Crippen LogP) is 5.42. The highest BCUT2D eigenvalue weighted by Crippen LogP contribution is 2.41. The molecule has 0 spiro atoms. The molecule has 2 aromatic carbocycles. The summed E-state index contributed by atoms with van der Waals surface area (Å²) in [4.78, 5) is 3.65. The van der Waals surface area contributed by atoms with Crippen molar-refractivity contribution in [3.63, 3.8) is 0 Å². The van der Waals surface area contributed by atoms with Crippen LogP contribution in [0, 0.1) is 11.7 Å². The number of hydrogen-bond acceptors (Lipinski definition) is 1. The lowest BCUT2D eigenvalue weighted by atomic mass is 9.74. The minimum atomic E-state index is -0.111. The monoisotopic (exact) mass is 360 g/mol. The van der Waals surface area contributed by atoms with Crippen LogP contribution in [0.1, 0.15) is 42.5 Å². The molecule has 3 aromatic rings. The maximum Gasteiger partial charge on any atom is 0.130 e. The van der Waals surface area contributed by atoms with Gasteiger partial charge in [0.25, 0.3) is 0 Å². The minimum Gasteiger partial charge on any atom is -0.358 e. The van der Waals surface area contributed by atoms with Crippen molar-refractivity contribution >= 4 is 16.5 Å². The third kappa shape index (κ3) is 2.90. The van der Waals surface area contributed by atoms with Crippen LogP contribution in [0.4, 0.5) is 4.39 Å². The molecule has 5 rings (SSSR count). The van der Waals surface area contributed by atoms with Gasteiger partial charge >= 0.3 is 0 Å². The largest absolute Gasteiger partial charge is 0.358 e. The second-order valence-electron chi connectivity index (χ2n) is 8.09. The molecule has 2 aliphatic rings. The summed E-state index contributed by atoms with van der Waals surface area (Å²) in [6.45, 7) is 3.15. The molecule has 2 heterocycles. The first kappa shape index (κ1) is 16.8. The van der Waals surface area contributed by atoms with Crippen LogP contribution < -0.4 is 5.32 Å². The highest BCUT2D eigenvalue weighted by Gasteiger charge is 2.33. The molecule has 138 valence electrons. The zero-order chi connectivity index (χ0) is 18.4. The van der Waals surface area contributed by atoms with Crippen LogP contribution in [0.25, 0.3) is 16.5 Å². The fourth-order valence-corrected chi connectivity index (χ4v) is 5.09. The van der Waals surface area contributed by atoms with Gasteiger partial charge in [-0.05, 0) is 54.4 Å². The predicted molar refractivity (Wildman–Crippen MR) is 109 cm³/mol. The molecule has 0 amide bonds. The molecule has 3 unspecified atom stereocenters. The summed E-state index contributed by atoms with van der Waals surface area (Å²) < 4.78 is 14.3. The normalized spacial score (nSPS) is 25.3. The summed E-state index contributed by atoms with van der Waals surface area (Å²) in [5.41, 5.74) is 6.06. The number of halogens is 1. The van der Waals surface area contributed by atoms with Gasteiger partial charge in [0.05, 0.1) is 0 Å². The summed E-state index contributed by atoms with van der Waals surface area (Å²) in [5.74, 6) is 0.985. The van der Waals surface area contributed by atoms with E-state index >= 15 is 0 Å². The van der Waals surface area contributed by atoms with Gasteiger partial charge in [0.1, 0.15) is 5.82 Å². The van der Waals surface area contributed by atoms with Crippen molar-refractivity contribution in [1.29, 1.82) is 0 Å². The van der Waals surface area contributed by atoms with Crippen molar-refractivity contribution in [1.82, 2.24) is 10.3 Å². The third-order valence-corrected chi connectivity index (χ3v) is 6.42. The molecule has 0 fully saturated rings. The van der Waals surface area contributed by atoms with Gasteiger partial charge < -0.3 is 10.3 Å². The van der Waals surface area contributed by atoms with Gasteiger partial charge in [-0.2, -0.15) is 0 Å². The fraction of sp³-hybridized carbons (Fsp3) is 0.333. The summed E-state index contributed by atoms with van der Waals surface area (Å²) in [7, 11) is 0. The molecule has 0 radical (unpaired) electrons. The van der Waals surface area contributed by atoms with E-state index in [0.29, 0.717) is 17.9 Å². The zero-order valence-electron chi connectivity index (χ0n) is 15.6. The lowest BCUT2D eigenvalue weighted by molar-refractivity contribution is 0.306. The second kappa shape index (κ2) is 6.65. The molecule has 1 aromatic heterocycles. The molecule has 0 saturated heterocycles. The van der Waals surface area contributed by atoms with Gasteiger partial charge in [-0.25, -0.2) is 4.39 Å². The topological polar surface area (TPSA) is 27.8 Å². The molecule has 27 heavy (non-hydrogen) atoms. The number of para-hydroxylation sites is 1. The highest BCUT2D eigenvalue weighted by molar-refractivity contribution is 5.85. The summed E-state index contributed by atoms with van der Waals surface area (Å²) in [5, 5.41) is 5.06. The maximum absolute atomic E-state index is 14.3. The molecular formula is C24H25FN2. The number of nitrogens with one attached hydrogen (secondary N) is 2. The Morgan fingerprint density at radius 3 is 2.70 bits per heavy atom. The lowest BCUT2D eigenvalue weighted by Crippen LogP contribution is -2.41. The van der Waals surface area contributed by atoms with Crippen molar-refractivity contribution in [3.8, 4) is 0 Å². The minimum absolute atomic E-state index is 0.111. The molecule has 3 heteroatoms. The maximum atomic E-state index is 14.3. The van der Waals surface area contributed by atoms with E-state index in [4.69, 9.17) is 0 Å². The average molecular weight is 360 g/mol. The molecule has 1 aliphatic carbocycles. The van der Waals surface area contributed by atoms with E-state index in [1.54, 1.807) is 12.1 Å². The van der Waals surface area contributed by atoms with Gasteiger partial charge in [0.2, 0.25) is 0 Å². The van der Waals surface area contributed by atoms with Gasteiger partial charge in [0.15, 0.2) is 0 Å². The van der Waals surface area contributed by atoms with Crippen molar-refractivity contribution < 1.29 is 4.39 Å². The number of fused-ring (bicyclic) bond motifs is 3. The van der Waals surface area contributed by atoms with Gasteiger partial charge in [-0.3, -0.25) is 0 Å². The Kier molecular flexibility index (Phi) is 4.13. The van der Waals surface area contributed by atoms with Crippen LogP contribution in [0.3, 0.4) is 0 Å². The SMILES string of the molecule is CC1CC(C2CC(c3ccccc3F)=CCN2)Cc2c1[nH]c1ccccc21. The van der Waals surface area contributed by atoms with Gasteiger partial charge in [0, 0.05) is 34.7 Å². The van der Waals surface area contributed by atoms with E-state index in [2.05, 4.69) is 47.6 Å². The van der Waals surface area contributed by atoms with Crippen molar-refractivity contribution in [3.05, 3.63) is 77.2 Å². The molecule has 2 N–H and O–H groups in total. The smallest absolute Gasteiger partial charge is 0.130 e. The van der Waals surface area contributed by atoms with Crippen LogP contribution in [0.2, 0.25) is 0 Å². The van der Waals surface area contributed by atoms with Crippen molar-refractivity contribution in [2.75, 3.05) is 6.54 Å². The van der Waals surface area contributed by atoms with E-state index in [-0.39, 0.29) is 5.82 Å². The van der Waals surface area contributed by atoms with Crippen LogP contribution in [0.5, 0.6) is 0 Å². The quantitative estimate of drug-likeness (QED) is 0.627. The molecule has 2 nitrogen and oxygen atoms in total. The Morgan fingerprint density at radius 1 is 1.00 bits per heavy atom. The number of rotatable bonds is 2. The van der Waals surface area contributed by atoms with E-state index in [1.165, 1.54) is 28.6 Å². The number of H-pyrrole nitrogens is 1. The Bertz CT molecular complexity index is 1020. The number of aromatic amines is 1. The number of hydrogen-bond donors (Lipinski definition) is 2. The Labute approximate surface area is 159 Å². The van der Waals surface area contributed by atoms with Crippen molar-refractivity contribution in [2.24, 2.45) is 5.92 Å². The third-order valence-electron chi connectivity index (χ3n) is 6.42. The van der Waals surface area contributed by atoms with Crippen LogP contribution in [-0.4, -0.2) is 17.6 Å². The first-order valence-corrected chi connectivity index (χ1v) is 9.97. The van der Waals surface area contributed by atoms with Gasteiger partial charge in [-0.1, -0.05) is 49.4 Å². The van der Waals surface area contributed by atoms with Crippen LogP contribution >= 0.6 is 0 Å². The fourth-order valence-electron chi connectivity index (χ4n) is 5.09. The first-order valence-electron chi connectivity index (χ1n) is 9.97. The van der Waals surface area contributed by atoms with Crippen LogP contribution in [0.15, 0.2) is 54.6 Å². The van der Waals surface area contributed by atoms with Crippen molar-refractivity contribution in [2.45, 2.75) is 38.1 Å². The second-order valence-corrected chi connectivity index (χ2v) is 8.09. The molecule has 3 atom stereocenters. The van der Waals surface area contributed by atoms with E-state index in [9.17, 15) is 4.39 Å². The summed E-state index contributed by atoms with van der Waals surface area (Å²) >= 11 is 0. The van der Waals surface area contributed by atoms with E-state index in [0.717, 1.165) is 30.5 Å². The summed E-state index contributed by atoms with van der Waals surface area (Å²) in [6.07, 6.45) is 5.31. The Morgan fingerprint density at radius 2 is 1.81 bits per heavy atom. The zero-order valence-corrected chi connectivity index (χ0v) is 15.6. The van der Waals surface area contributed by atoms with Crippen LogP contribution in [-0.2, 0) is 6.42 Å². The number of benzene rings is 2. The molecule has 1 aliphatic heterocycles. The molecular weight excluding hydrogens is 335 g/mol. The summed E-state index contributed by atoms with van der Waals surface area (Å²) in [6, 6.07) is 16.2. The first-order chi connectivity index (χ1) is 13.2. The molecule has 0 saturated carbocycles. The van der Waals surface area contributed by atoms with E-state index < -0.39 is 0 Å². The number of aromatic nitrogens is 1. The average Bonchev–Trinajstić information content (AvgIpc) is 3.08. The van der Waals surface area contributed by atoms with Gasteiger partial charge in [-0.15, -0.1) is 0 Å². The Hall–Kier alpha value is -2.39.